The van der Waals surface area contributed by atoms with E-state index in [0.717, 1.165) is 12.1 Å². The minimum Gasteiger partial charge on any atom is -0.382 e. The lowest BCUT2D eigenvalue weighted by atomic mass is 10.0. The lowest BCUT2D eigenvalue weighted by Gasteiger charge is -2.11. The van der Waals surface area contributed by atoms with E-state index in [1.165, 1.54) is 10.8 Å². The maximum Gasteiger partial charge on any atom is 0.324 e. The van der Waals surface area contributed by atoms with Gasteiger partial charge in [0.15, 0.2) is 5.82 Å². The van der Waals surface area contributed by atoms with Crippen molar-refractivity contribution < 1.29 is 9.59 Å². The third kappa shape index (κ3) is 4.76. The Morgan fingerprint density at radius 1 is 1.18 bits per heavy atom. The zero-order valence-corrected chi connectivity index (χ0v) is 19.3. The van der Waals surface area contributed by atoms with E-state index in [-0.39, 0.29) is 16.7 Å². The predicted octanol–water partition coefficient (Wildman–Crippen LogP) is 4.12. The molecule has 0 aliphatic carbocycles. The van der Waals surface area contributed by atoms with E-state index in [9.17, 15) is 9.59 Å². The van der Waals surface area contributed by atoms with E-state index >= 15 is 0 Å². The topological polar surface area (TPSA) is 139 Å². The Morgan fingerprint density at radius 3 is 2.74 bits per heavy atom. The van der Waals surface area contributed by atoms with Crippen molar-refractivity contribution in [1.29, 1.82) is 0 Å². The first-order chi connectivity index (χ1) is 16.4. The van der Waals surface area contributed by atoms with Crippen LogP contribution in [0.1, 0.15) is 29.4 Å². The van der Waals surface area contributed by atoms with Crippen LogP contribution in [0.4, 0.5) is 22.1 Å². The number of urea groups is 1. The van der Waals surface area contributed by atoms with E-state index in [1.807, 2.05) is 19.9 Å². The number of pyridine rings is 1. The highest BCUT2D eigenvalue weighted by Gasteiger charge is 2.22. The summed E-state index contributed by atoms with van der Waals surface area (Å²) < 4.78 is 1.51. The Bertz CT molecular complexity index is 1380. The van der Waals surface area contributed by atoms with Crippen molar-refractivity contribution in [2.45, 2.75) is 20.3 Å². The standard InChI is InChI=1S/C23H23ClN8O2/c1-3-9-26-22(33)15-11-32-20(21(25)27-12-28-32)19(15)14-7-8-17(16(24)10-14)30-23(34)31-18-6-4-5-13(2)29-18/h4-8,10-12H,3,9H2,1-2H3,(H,26,33)(H2,25,27,28)(H2,29,30,31,34). The Labute approximate surface area is 200 Å². The van der Waals surface area contributed by atoms with E-state index in [1.54, 1.807) is 36.5 Å². The normalized spacial score (nSPS) is 10.8. The average molecular weight is 479 g/mol. The van der Waals surface area contributed by atoms with E-state index < -0.39 is 6.03 Å². The number of hydrogen-bond donors (Lipinski definition) is 4. The van der Waals surface area contributed by atoms with Gasteiger partial charge in [0.05, 0.1) is 16.3 Å². The van der Waals surface area contributed by atoms with Crippen LogP contribution in [0.25, 0.3) is 16.6 Å². The smallest absolute Gasteiger partial charge is 0.324 e. The molecule has 0 aliphatic heterocycles. The van der Waals surface area contributed by atoms with Gasteiger partial charge in [-0.2, -0.15) is 5.10 Å². The molecule has 34 heavy (non-hydrogen) atoms. The first kappa shape index (κ1) is 23.0. The number of halogens is 1. The number of hydrogen-bond acceptors (Lipinski definition) is 6. The zero-order valence-electron chi connectivity index (χ0n) is 18.6. The number of anilines is 3. The number of aryl methyl sites for hydroxylation is 1. The van der Waals surface area contributed by atoms with Gasteiger partial charge in [-0.3, -0.25) is 10.1 Å². The molecule has 4 rings (SSSR count). The predicted molar refractivity (Wildman–Crippen MR) is 132 cm³/mol. The molecule has 4 aromatic rings. The van der Waals surface area contributed by atoms with Crippen LogP contribution in [0.5, 0.6) is 0 Å². The quantitative estimate of drug-likeness (QED) is 0.328. The SMILES string of the molecule is CCCNC(=O)c1cn2ncnc(N)c2c1-c1ccc(NC(=O)Nc2cccc(C)n2)c(Cl)c1. The Morgan fingerprint density at radius 2 is 2.00 bits per heavy atom. The summed E-state index contributed by atoms with van der Waals surface area (Å²) in [5, 5.41) is 12.7. The summed E-state index contributed by atoms with van der Waals surface area (Å²) in [7, 11) is 0. The molecule has 5 N–H and O–H groups in total. The average Bonchev–Trinajstić information content (AvgIpc) is 3.20. The van der Waals surface area contributed by atoms with Crippen molar-refractivity contribution in [3.8, 4) is 11.1 Å². The molecule has 0 saturated carbocycles. The number of nitrogen functional groups attached to an aromatic ring is 1. The maximum atomic E-state index is 12.9. The Balaban J connectivity index is 1.66. The fraction of sp³-hybridized carbons (Fsp3) is 0.174. The summed E-state index contributed by atoms with van der Waals surface area (Å²) in [6.07, 6.45) is 3.72. The molecule has 0 fully saturated rings. The second kappa shape index (κ2) is 9.75. The third-order valence-electron chi connectivity index (χ3n) is 5.02. The number of nitrogens with two attached hydrogens (primary N) is 1. The van der Waals surface area contributed by atoms with Crippen LogP contribution in [0.15, 0.2) is 48.9 Å². The lowest BCUT2D eigenvalue weighted by molar-refractivity contribution is 0.0954. The highest BCUT2D eigenvalue weighted by Crippen LogP contribution is 2.36. The number of aromatic nitrogens is 4. The van der Waals surface area contributed by atoms with E-state index in [2.05, 4.69) is 31.0 Å². The van der Waals surface area contributed by atoms with Crippen molar-refractivity contribution in [1.82, 2.24) is 24.9 Å². The third-order valence-corrected chi connectivity index (χ3v) is 5.33. The van der Waals surface area contributed by atoms with Crippen molar-refractivity contribution >= 4 is 46.4 Å². The molecule has 11 heteroatoms. The molecule has 3 aromatic heterocycles. The molecule has 0 atom stereocenters. The largest absolute Gasteiger partial charge is 0.382 e. The van der Waals surface area contributed by atoms with Crippen LogP contribution in [0.3, 0.4) is 0 Å². The van der Waals surface area contributed by atoms with E-state index in [0.29, 0.717) is 40.3 Å². The van der Waals surface area contributed by atoms with Crippen molar-refractivity contribution in [2.75, 3.05) is 22.9 Å². The number of fused-ring (bicyclic) bond motifs is 1. The Kier molecular flexibility index (Phi) is 6.60. The minimum atomic E-state index is -0.487. The van der Waals surface area contributed by atoms with Crippen LogP contribution < -0.4 is 21.7 Å². The molecule has 3 heterocycles. The number of nitrogens with zero attached hydrogens (tertiary/aromatic N) is 4. The molecule has 3 amide bonds. The van der Waals surface area contributed by atoms with Gasteiger partial charge in [0.2, 0.25) is 0 Å². The number of carbonyl (C=O) groups excluding carboxylic acids is 2. The molecule has 0 saturated heterocycles. The fourth-order valence-corrected chi connectivity index (χ4v) is 3.72. The Hall–Kier alpha value is -4.18. The van der Waals surface area contributed by atoms with Crippen LogP contribution in [0, 0.1) is 6.92 Å². The number of rotatable bonds is 6. The van der Waals surface area contributed by atoms with Gasteiger partial charge in [0.1, 0.15) is 17.7 Å². The second-order valence-corrected chi connectivity index (χ2v) is 7.96. The van der Waals surface area contributed by atoms with Crippen LogP contribution >= 0.6 is 11.6 Å². The van der Waals surface area contributed by atoms with Gasteiger partial charge in [-0.15, -0.1) is 0 Å². The molecule has 0 aliphatic rings. The summed E-state index contributed by atoms with van der Waals surface area (Å²) in [5.41, 5.74) is 9.34. The molecular formula is C23H23ClN8O2. The van der Waals surface area contributed by atoms with Gasteiger partial charge in [-0.1, -0.05) is 30.7 Å². The molecule has 174 valence electrons. The van der Waals surface area contributed by atoms with Gasteiger partial charge in [0, 0.05) is 24.0 Å². The summed E-state index contributed by atoms with van der Waals surface area (Å²) >= 11 is 6.50. The summed E-state index contributed by atoms with van der Waals surface area (Å²) in [4.78, 5) is 33.6. The molecule has 0 bridgehead atoms. The maximum absolute atomic E-state index is 12.9. The number of carbonyl (C=O) groups is 2. The highest BCUT2D eigenvalue weighted by molar-refractivity contribution is 6.34. The molecule has 0 unspecified atom stereocenters. The van der Waals surface area contributed by atoms with Gasteiger partial charge in [-0.05, 0) is 43.2 Å². The fourth-order valence-electron chi connectivity index (χ4n) is 3.49. The molecular weight excluding hydrogens is 456 g/mol. The van der Waals surface area contributed by atoms with Gasteiger partial charge in [-0.25, -0.2) is 19.3 Å². The minimum absolute atomic E-state index is 0.225. The van der Waals surface area contributed by atoms with Crippen molar-refractivity contribution in [3.05, 3.63) is 65.2 Å². The zero-order chi connectivity index (χ0) is 24.2. The van der Waals surface area contributed by atoms with Gasteiger partial charge >= 0.3 is 6.03 Å². The first-order valence-electron chi connectivity index (χ1n) is 10.6. The molecule has 1 aromatic carbocycles. The molecule has 0 spiro atoms. The van der Waals surface area contributed by atoms with E-state index in [4.69, 9.17) is 17.3 Å². The summed E-state index contributed by atoms with van der Waals surface area (Å²) in [6.45, 7) is 4.33. The van der Waals surface area contributed by atoms with Gasteiger partial charge < -0.3 is 16.4 Å². The molecule has 10 nitrogen and oxygen atoms in total. The van der Waals surface area contributed by atoms with Crippen LogP contribution in [-0.2, 0) is 0 Å². The second-order valence-electron chi connectivity index (χ2n) is 7.55. The monoisotopic (exact) mass is 478 g/mol. The number of amides is 3. The summed E-state index contributed by atoms with van der Waals surface area (Å²) in [5.74, 6) is 0.386. The number of benzene rings is 1. The lowest BCUT2D eigenvalue weighted by Crippen LogP contribution is -2.24. The van der Waals surface area contributed by atoms with Crippen LogP contribution in [-0.4, -0.2) is 38.1 Å². The number of nitrogens with one attached hydrogen (secondary N) is 3. The molecule has 0 radical (unpaired) electrons. The van der Waals surface area contributed by atoms with Gasteiger partial charge in [0.25, 0.3) is 5.91 Å². The van der Waals surface area contributed by atoms with Crippen LogP contribution in [0.2, 0.25) is 5.02 Å². The van der Waals surface area contributed by atoms with Crippen molar-refractivity contribution in [2.24, 2.45) is 0 Å². The first-order valence-corrected chi connectivity index (χ1v) is 11.0. The highest BCUT2D eigenvalue weighted by atomic mass is 35.5. The van der Waals surface area contributed by atoms with Crippen molar-refractivity contribution in [3.63, 3.8) is 0 Å². The summed E-state index contributed by atoms with van der Waals surface area (Å²) in [6, 6.07) is 9.88.